The second kappa shape index (κ2) is 5.27. The summed E-state index contributed by atoms with van der Waals surface area (Å²) >= 11 is 0. The molecule has 3 N–H and O–H groups in total. The van der Waals surface area contributed by atoms with Crippen LogP contribution in [0, 0.1) is 0 Å². The van der Waals surface area contributed by atoms with E-state index in [9.17, 15) is 10.2 Å². The molecule has 0 aliphatic carbocycles. The Kier molecular flexibility index (Phi) is 3.31. The third kappa shape index (κ3) is 2.60. The first kappa shape index (κ1) is 12.6. The van der Waals surface area contributed by atoms with E-state index >= 15 is 0 Å². The van der Waals surface area contributed by atoms with Crippen LogP contribution in [0.3, 0.4) is 0 Å². The maximum absolute atomic E-state index is 9.81. The highest BCUT2D eigenvalue weighted by atomic mass is 16.7. The number of phenolic OH excluding ortho intramolecular Hbond substituents is 2. The predicted molar refractivity (Wildman–Crippen MR) is 75.9 cm³/mol. The van der Waals surface area contributed by atoms with Crippen molar-refractivity contribution in [2.75, 3.05) is 0 Å². The highest BCUT2D eigenvalue weighted by Crippen LogP contribution is 2.27. The van der Waals surface area contributed by atoms with Gasteiger partial charge < -0.3 is 10.2 Å². The average Bonchev–Trinajstić information content (AvgIpc) is 2.90. The summed E-state index contributed by atoms with van der Waals surface area (Å²) in [6.45, 7) is 0. The fraction of sp³-hybridized carbons (Fsp3) is 0.125. The van der Waals surface area contributed by atoms with Crippen LogP contribution in [-0.4, -0.2) is 16.3 Å². The van der Waals surface area contributed by atoms with Crippen molar-refractivity contribution in [3.05, 3.63) is 65.7 Å². The van der Waals surface area contributed by atoms with Crippen LogP contribution in [0.2, 0.25) is 0 Å². The molecule has 4 nitrogen and oxygen atoms in total. The summed E-state index contributed by atoms with van der Waals surface area (Å²) < 4.78 is 0. The molecule has 0 fully saturated rings. The lowest BCUT2D eigenvalue weighted by Gasteiger charge is -2.07. The number of nitrogens with one attached hydrogen (secondary N) is 1. The first-order chi connectivity index (χ1) is 9.72. The topological polar surface area (TPSA) is 61.7 Å². The van der Waals surface area contributed by atoms with E-state index in [-0.39, 0.29) is 17.6 Å². The standard InChI is InChI=1S/C16H15NO3/c18-12-7-5-11(6-8-12)9-13-10-15(17-20-13)14-3-1-2-4-16(14)19/h1-8,10,13,17-19H,9H2. The Hall–Kier alpha value is -2.46. The lowest BCUT2D eigenvalue weighted by atomic mass is 10.1. The van der Waals surface area contributed by atoms with E-state index in [1.807, 2.05) is 30.3 Å². The molecule has 0 aromatic heterocycles. The quantitative estimate of drug-likeness (QED) is 0.801. The largest absolute Gasteiger partial charge is 0.508 e. The number of hydroxylamine groups is 1. The molecule has 0 saturated heterocycles. The van der Waals surface area contributed by atoms with E-state index in [0.717, 1.165) is 16.8 Å². The minimum atomic E-state index is -0.103. The lowest BCUT2D eigenvalue weighted by Crippen LogP contribution is -2.14. The summed E-state index contributed by atoms with van der Waals surface area (Å²) in [6.07, 6.45) is 2.54. The average molecular weight is 269 g/mol. The van der Waals surface area contributed by atoms with E-state index < -0.39 is 0 Å². The van der Waals surface area contributed by atoms with Gasteiger partial charge in [0.1, 0.15) is 17.6 Å². The monoisotopic (exact) mass is 269 g/mol. The van der Waals surface area contributed by atoms with Crippen LogP contribution in [0.5, 0.6) is 11.5 Å². The van der Waals surface area contributed by atoms with Crippen LogP contribution >= 0.6 is 0 Å². The van der Waals surface area contributed by atoms with Gasteiger partial charge >= 0.3 is 0 Å². The van der Waals surface area contributed by atoms with Gasteiger partial charge in [-0.1, -0.05) is 24.3 Å². The van der Waals surface area contributed by atoms with E-state index in [1.54, 1.807) is 24.3 Å². The Labute approximate surface area is 116 Å². The van der Waals surface area contributed by atoms with Crippen molar-refractivity contribution >= 4 is 5.70 Å². The van der Waals surface area contributed by atoms with Crippen LogP contribution in [0.1, 0.15) is 11.1 Å². The number of rotatable bonds is 3. The molecular formula is C16H15NO3. The van der Waals surface area contributed by atoms with Crippen molar-refractivity contribution in [3.63, 3.8) is 0 Å². The summed E-state index contributed by atoms with van der Waals surface area (Å²) in [7, 11) is 0. The van der Waals surface area contributed by atoms with Gasteiger partial charge in [0.25, 0.3) is 0 Å². The van der Waals surface area contributed by atoms with Gasteiger partial charge in [-0.15, -0.1) is 0 Å². The molecule has 3 rings (SSSR count). The highest BCUT2D eigenvalue weighted by molar-refractivity contribution is 5.69. The van der Waals surface area contributed by atoms with Crippen LogP contribution in [0.4, 0.5) is 0 Å². The van der Waals surface area contributed by atoms with Crippen molar-refractivity contribution in [2.45, 2.75) is 12.5 Å². The van der Waals surface area contributed by atoms with E-state index in [0.29, 0.717) is 6.42 Å². The minimum absolute atomic E-state index is 0.103. The van der Waals surface area contributed by atoms with Gasteiger partial charge in [0, 0.05) is 12.0 Å². The molecular weight excluding hydrogens is 254 g/mol. The van der Waals surface area contributed by atoms with E-state index in [1.165, 1.54) is 0 Å². The summed E-state index contributed by atoms with van der Waals surface area (Å²) in [6, 6.07) is 14.2. The SMILES string of the molecule is Oc1ccc(CC2C=C(c3ccccc3O)NO2)cc1. The van der Waals surface area contributed by atoms with E-state index in [4.69, 9.17) is 4.84 Å². The molecule has 0 amide bonds. The fourth-order valence-electron chi connectivity index (χ4n) is 2.20. The van der Waals surface area contributed by atoms with Gasteiger partial charge in [0.2, 0.25) is 0 Å². The molecule has 102 valence electrons. The highest BCUT2D eigenvalue weighted by Gasteiger charge is 2.19. The molecule has 0 radical (unpaired) electrons. The fourth-order valence-corrected chi connectivity index (χ4v) is 2.20. The maximum atomic E-state index is 9.81. The second-order valence-corrected chi connectivity index (χ2v) is 4.73. The Morgan fingerprint density at radius 1 is 1.00 bits per heavy atom. The van der Waals surface area contributed by atoms with Crippen molar-refractivity contribution in [1.82, 2.24) is 5.48 Å². The second-order valence-electron chi connectivity index (χ2n) is 4.73. The zero-order valence-electron chi connectivity index (χ0n) is 10.8. The van der Waals surface area contributed by atoms with Crippen LogP contribution < -0.4 is 5.48 Å². The maximum Gasteiger partial charge on any atom is 0.124 e. The summed E-state index contributed by atoms with van der Waals surface area (Å²) in [5, 5.41) is 19.1. The predicted octanol–water partition coefficient (Wildman–Crippen LogP) is 2.58. The molecule has 2 aromatic rings. The summed E-state index contributed by atoms with van der Waals surface area (Å²) in [5.74, 6) is 0.477. The Morgan fingerprint density at radius 2 is 1.75 bits per heavy atom. The molecule has 1 aliphatic rings. The van der Waals surface area contributed by atoms with Gasteiger partial charge in [-0.25, -0.2) is 0 Å². The van der Waals surface area contributed by atoms with E-state index in [2.05, 4.69) is 5.48 Å². The Morgan fingerprint density at radius 3 is 2.50 bits per heavy atom. The number of benzene rings is 2. The summed E-state index contributed by atoms with van der Waals surface area (Å²) in [4.78, 5) is 5.49. The molecule has 20 heavy (non-hydrogen) atoms. The number of para-hydroxylation sites is 1. The zero-order valence-corrected chi connectivity index (χ0v) is 10.8. The number of phenols is 2. The molecule has 1 atom stereocenters. The molecule has 4 heteroatoms. The Bertz CT molecular complexity index is 634. The van der Waals surface area contributed by atoms with Crippen LogP contribution in [-0.2, 0) is 11.3 Å². The van der Waals surface area contributed by atoms with Crippen LogP contribution in [0.15, 0.2) is 54.6 Å². The summed E-state index contributed by atoms with van der Waals surface area (Å²) in [5.41, 5.74) is 5.41. The number of hydrogen-bond acceptors (Lipinski definition) is 4. The molecule has 0 saturated carbocycles. The normalized spacial score (nSPS) is 17.6. The van der Waals surface area contributed by atoms with Gasteiger partial charge in [-0.05, 0) is 35.9 Å². The smallest absolute Gasteiger partial charge is 0.124 e. The third-order valence-corrected chi connectivity index (χ3v) is 3.24. The van der Waals surface area contributed by atoms with Crippen molar-refractivity contribution in [2.24, 2.45) is 0 Å². The molecule has 1 aliphatic heterocycles. The first-order valence-corrected chi connectivity index (χ1v) is 6.42. The van der Waals surface area contributed by atoms with Gasteiger partial charge in [-0.3, -0.25) is 10.3 Å². The van der Waals surface area contributed by atoms with Crippen LogP contribution in [0.25, 0.3) is 5.70 Å². The molecule has 2 aromatic carbocycles. The zero-order chi connectivity index (χ0) is 13.9. The van der Waals surface area contributed by atoms with Gasteiger partial charge in [0.05, 0.1) is 5.70 Å². The first-order valence-electron chi connectivity index (χ1n) is 6.42. The number of hydrogen-bond donors (Lipinski definition) is 3. The van der Waals surface area contributed by atoms with Gasteiger partial charge in [-0.2, -0.15) is 0 Å². The van der Waals surface area contributed by atoms with Gasteiger partial charge in [0.15, 0.2) is 0 Å². The molecule has 0 spiro atoms. The van der Waals surface area contributed by atoms with Crippen molar-refractivity contribution in [1.29, 1.82) is 0 Å². The molecule has 1 heterocycles. The molecule has 1 unspecified atom stereocenters. The number of aromatic hydroxyl groups is 2. The third-order valence-electron chi connectivity index (χ3n) is 3.24. The molecule has 0 bridgehead atoms. The minimum Gasteiger partial charge on any atom is -0.508 e. The lowest BCUT2D eigenvalue weighted by molar-refractivity contribution is 0.0519. The Balaban J connectivity index is 1.75. The van der Waals surface area contributed by atoms with Crippen molar-refractivity contribution in [3.8, 4) is 11.5 Å². The van der Waals surface area contributed by atoms with Crippen molar-refractivity contribution < 1.29 is 15.1 Å².